The lowest BCUT2D eigenvalue weighted by Crippen LogP contribution is -1.93. The molecule has 0 aliphatic rings. The Morgan fingerprint density at radius 1 is 0.377 bits per heavy atom. The SMILES string of the molecule is c1ccc2c(c1)ccc1c2nc2c3sc4c5ccccc5ccc4c3cc(-c3ccc(-c4ccc(-c5ccc6sc7ccccc7c6c5)cc4)cc3)n12. The lowest BCUT2D eigenvalue weighted by Gasteiger charge is -2.11. The van der Waals surface area contributed by atoms with Gasteiger partial charge in [-0.05, 0) is 74.3 Å². The number of fused-ring (bicyclic) bond motifs is 14. The third kappa shape index (κ3) is 4.34. The quantitative estimate of drug-likeness (QED) is 0.179. The van der Waals surface area contributed by atoms with Crippen molar-refractivity contribution in [3.05, 3.63) is 170 Å². The van der Waals surface area contributed by atoms with Gasteiger partial charge in [0.1, 0.15) is 0 Å². The highest BCUT2D eigenvalue weighted by Crippen LogP contribution is 2.44. The number of pyridine rings is 1. The molecule has 0 fully saturated rings. The minimum Gasteiger partial charge on any atom is -0.291 e. The third-order valence-electron chi connectivity index (χ3n) is 11.0. The Kier molecular flexibility index (Phi) is 6.12. The zero-order chi connectivity index (χ0) is 34.6. The van der Waals surface area contributed by atoms with Crippen LogP contribution in [0.5, 0.6) is 0 Å². The average molecular weight is 709 g/mol. The summed E-state index contributed by atoms with van der Waals surface area (Å²) >= 11 is 3.73. The van der Waals surface area contributed by atoms with E-state index in [2.05, 4.69) is 174 Å². The average Bonchev–Trinajstić information content (AvgIpc) is 3.92. The summed E-state index contributed by atoms with van der Waals surface area (Å²) in [7, 11) is 0. The van der Waals surface area contributed by atoms with Crippen LogP contribution in [0.25, 0.3) is 112 Å². The van der Waals surface area contributed by atoms with E-state index in [0.29, 0.717) is 0 Å². The molecule has 0 N–H and O–H groups in total. The number of benzene rings is 8. The largest absolute Gasteiger partial charge is 0.291 e. The molecule has 0 atom stereocenters. The molecule has 0 saturated heterocycles. The summed E-state index contributed by atoms with van der Waals surface area (Å²) in [5, 5.41) is 10.2. The van der Waals surface area contributed by atoms with Crippen molar-refractivity contribution in [2.75, 3.05) is 0 Å². The lowest BCUT2D eigenvalue weighted by molar-refractivity contribution is 1.25. The van der Waals surface area contributed by atoms with E-state index in [-0.39, 0.29) is 0 Å². The molecule has 0 unspecified atom stereocenters. The van der Waals surface area contributed by atoms with Crippen LogP contribution in [-0.4, -0.2) is 9.38 Å². The van der Waals surface area contributed by atoms with E-state index >= 15 is 0 Å². The predicted octanol–water partition coefficient (Wildman–Crippen LogP) is 14.5. The number of hydrogen-bond acceptors (Lipinski definition) is 3. The summed E-state index contributed by atoms with van der Waals surface area (Å²) in [5.74, 6) is 0. The van der Waals surface area contributed by atoms with E-state index in [1.807, 2.05) is 22.7 Å². The van der Waals surface area contributed by atoms with Gasteiger partial charge in [-0.25, -0.2) is 4.98 Å². The van der Waals surface area contributed by atoms with E-state index < -0.39 is 0 Å². The number of rotatable bonds is 3. The molecular weight excluding hydrogens is 681 g/mol. The zero-order valence-corrected chi connectivity index (χ0v) is 30.0. The molecule has 53 heavy (non-hydrogen) atoms. The molecule has 246 valence electrons. The second-order valence-electron chi connectivity index (χ2n) is 13.9. The molecular formula is C49H28N2S2. The first kappa shape index (κ1) is 29.3. The molecule has 0 amide bonds. The monoisotopic (exact) mass is 708 g/mol. The van der Waals surface area contributed by atoms with Crippen molar-refractivity contribution >= 4 is 101 Å². The van der Waals surface area contributed by atoms with Crippen LogP contribution in [-0.2, 0) is 0 Å². The van der Waals surface area contributed by atoms with Gasteiger partial charge in [0.25, 0.3) is 0 Å². The van der Waals surface area contributed by atoms with Crippen LogP contribution in [0, 0.1) is 0 Å². The van der Waals surface area contributed by atoms with Crippen molar-refractivity contribution in [1.82, 2.24) is 9.38 Å². The van der Waals surface area contributed by atoms with E-state index in [1.54, 1.807) is 0 Å². The van der Waals surface area contributed by atoms with Crippen molar-refractivity contribution < 1.29 is 0 Å². The first-order valence-corrected chi connectivity index (χ1v) is 19.6. The van der Waals surface area contributed by atoms with Crippen LogP contribution in [0.15, 0.2) is 170 Å². The Labute approximate surface area is 312 Å². The minimum atomic E-state index is 1.02. The first-order valence-electron chi connectivity index (χ1n) is 17.9. The van der Waals surface area contributed by atoms with Crippen molar-refractivity contribution in [1.29, 1.82) is 0 Å². The highest BCUT2D eigenvalue weighted by atomic mass is 32.1. The zero-order valence-electron chi connectivity index (χ0n) is 28.4. The molecule has 0 radical (unpaired) electrons. The number of aromatic nitrogens is 2. The van der Waals surface area contributed by atoms with Gasteiger partial charge in [-0.2, -0.15) is 0 Å². The van der Waals surface area contributed by atoms with Crippen LogP contribution < -0.4 is 0 Å². The number of nitrogens with zero attached hydrogens (tertiary/aromatic N) is 2. The van der Waals surface area contributed by atoms with E-state index in [4.69, 9.17) is 4.98 Å². The number of thiophene rings is 2. The van der Waals surface area contributed by atoms with Gasteiger partial charge in [-0.15, -0.1) is 22.7 Å². The molecule has 0 bridgehead atoms. The first-order chi connectivity index (χ1) is 26.2. The molecule has 0 aliphatic heterocycles. The third-order valence-corrected chi connectivity index (χ3v) is 13.4. The Morgan fingerprint density at radius 3 is 1.77 bits per heavy atom. The molecule has 0 saturated carbocycles. The smallest absolute Gasteiger partial charge is 0.156 e. The lowest BCUT2D eigenvalue weighted by atomic mass is 9.98. The topological polar surface area (TPSA) is 17.3 Å². The van der Waals surface area contributed by atoms with Crippen LogP contribution in [0.3, 0.4) is 0 Å². The van der Waals surface area contributed by atoms with Crippen LogP contribution in [0.4, 0.5) is 0 Å². The summed E-state index contributed by atoms with van der Waals surface area (Å²) in [6.45, 7) is 0. The van der Waals surface area contributed by atoms with Crippen molar-refractivity contribution in [2.24, 2.45) is 0 Å². The molecule has 12 rings (SSSR count). The van der Waals surface area contributed by atoms with E-state index in [9.17, 15) is 0 Å². The molecule has 0 spiro atoms. The fourth-order valence-corrected chi connectivity index (χ4v) is 10.8. The Balaban J connectivity index is 0.997. The van der Waals surface area contributed by atoms with Gasteiger partial charge < -0.3 is 0 Å². The predicted molar refractivity (Wildman–Crippen MR) is 230 cm³/mol. The minimum absolute atomic E-state index is 1.02. The second-order valence-corrected chi connectivity index (χ2v) is 16.0. The summed E-state index contributed by atoms with van der Waals surface area (Å²) in [6, 6.07) is 62.4. The standard InChI is InChI=1S/C49H28N2S2/c1-3-9-36-32(7-1)22-25-42-46(36)50-49-48-41(39-24-21-33-8-2-4-10-37(33)47(39)53-48)28-43(51(42)49)34-19-17-30(18-20-34)29-13-15-31(16-14-29)35-23-26-45-40(27-35)38-11-5-6-12-44(38)52-45/h1-28H. The van der Waals surface area contributed by atoms with Gasteiger partial charge in [0.05, 0.1) is 21.4 Å². The van der Waals surface area contributed by atoms with Crippen molar-refractivity contribution in [3.8, 4) is 33.5 Å². The molecule has 0 aliphatic carbocycles. The number of imidazole rings is 1. The second kappa shape index (κ2) is 11.1. The molecule has 2 nitrogen and oxygen atoms in total. The van der Waals surface area contributed by atoms with Gasteiger partial charge >= 0.3 is 0 Å². The number of hydrogen-bond donors (Lipinski definition) is 0. The highest BCUT2D eigenvalue weighted by Gasteiger charge is 2.20. The van der Waals surface area contributed by atoms with E-state index in [0.717, 1.165) is 22.4 Å². The van der Waals surface area contributed by atoms with Crippen LogP contribution in [0.2, 0.25) is 0 Å². The summed E-state index contributed by atoms with van der Waals surface area (Å²) in [5.41, 5.74) is 10.4. The summed E-state index contributed by atoms with van der Waals surface area (Å²) in [6.07, 6.45) is 0. The normalized spacial score (nSPS) is 12.2. The van der Waals surface area contributed by atoms with E-state index in [1.165, 1.54) is 89.7 Å². The van der Waals surface area contributed by atoms with Crippen LogP contribution in [0.1, 0.15) is 0 Å². The maximum Gasteiger partial charge on any atom is 0.156 e. The van der Waals surface area contributed by atoms with Gasteiger partial charge in [0, 0.05) is 41.0 Å². The van der Waals surface area contributed by atoms with Gasteiger partial charge in [-0.1, -0.05) is 140 Å². The molecule has 4 heteroatoms. The van der Waals surface area contributed by atoms with Crippen molar-refractivity contribution in [2.45, 2.75) is 0 Å². The fraction of sp³-hybridized carbons (Fsp3) is 0. The van der Waals surface area contributed by atoms with Gasteiger partial charge in [0.2, 0.25) is 0 Å². The van der Waals surface area contributed by atoms with Gasteiger partial charge in [0.15, 0.2) is 5.65 Å². The molecule has 8 aromatic carbocycles. The summed E-state index contributed by atoms with van der Waals surface area (Å²) in [4.78, 5) is 5.43. The van der Waals surface area contributed by atoms with Gasteiger partial charge in [-0.3, -0.25) is 4.40 Å². The maximum atomic E-state index is 5.43. The maximum absolute atomic E-state index is 5.43. The summed E-state index contributed by atoms with van der Waals surface area (Å²) < 4.78 is 7.60. The van der Waals surface area contributed by atoms with Crippen molar-refractivity contribution in [3.63, 3.8) is 0 Å². The molecule has 12 aromatic rings. The molecule has 4 heterocycles. The molecule has 4 aromatic heterocycles. The Bertz CT molecular complexity index is 3440. The fourth-order valence-electron chi connectivity index (χ4n) is 8.37. The Morgan fingerprint density at radius 2 is 0.981 bits per heavy atom. The Hall–Kier alpha value is -6.33. The van der Waals surface area contributed by atoms with Crippen LogP contribution >= 0.6 is 22.7 Å². The highest BCUT2D eigenvalue weighted by molar-refractivity contribution is 7.27.